The van der Waals surface area contributed by atoms with Crippen LogP contribution in [0.15, 0.2) is 17.6 Å². The minimum atomic E-state index is -2.31. The van der Waals surface area contributed by atoms with Crippen molar-refractivity contribution in [2.75, 3.05) is 20.0 Å². The number of fused-ring (bicyclic) bond motifs is 1. The number of nitrogens with zero attached hydrogens (tertiary/aromatic N) is 5. The second kappa shape index (κ2) is 8.10. The van der Waals surface area contributed by atoms with E-state index >= 15 is 0 Å². The molecule has 1 aliphatic heterocycles. The number of thioether (sulfide) groups is 1. The van der Waals surface area contributed by atoms with Crippen molar-refractivity contribution in [1.82, 2.24) is 19.6 Å². The van der Waals surface area contributed by atoms with Gasteiger partial charge in [-0.05, 0) is 31.3 Å². The van der Waals surface area contributed by atoms with Crippen LogP contribution in [0.3, 0.4) is 0 Å². The molecule has 1 aliphatic rings. The first-order chi connectivity index (χ1) is 14.4. The highest BCUT2D eigenvalue weighted by atomic mass is 32.2. The summed E-state index contributed by atoms with van der Waals surface area (Å²) in [7, 11) is -0.830. The number of ether oxygens (including phenoxy) is 2. The van der Waals surface area contributed by atoms with Gasteiger partial charge < -0.3 is 19.0 Å². The number of imidazole rings is 1. The van der Waals surface area contributed by atoms with E-state index in [1.54, 1.807) is 17.6 Å². The zero-order chi connectivity index (χ0) is 23.2. The average Bonchev–Trinajstić information content (AvgIpc) is 3.25. The quantitative estimate of drug-likeness (QED) is 0.508. The summed E-state index contributed by atoms with van der Waals surface area (Å²) in [4.78, 5) is 8.72. The molecule has 2 aromatic rings. The Morgan fingerprint density at radius 2 is 2.06 bits per heavy atom. The van der Waals surface area contributed by atoms with Gasteiger partial charge in [0.2, 0.25) is 5.79 Å². The van der Waals surface area contributed by atoms with Gasteiger partial charge in [0, 0.05) is 7.11 Å². The maximum absolute atomic E-state index is 10.4. The summed E-state index contributed by atoms with van der Waals surface area (Å²) in [5, 5.41) is 25.5. The zero-order valence-electron chi connectivity index (χ0n) is 19.3. The second-order valence-electron chi connectivity index (χ2n) is 9.42. The minimum absolute atomic E-state index is 0.0918. The monoisotopic (exact) mass is 465 g/mol. The predicted molar refractivity (Wildman–Crippen MR) is 119 cm³/mol. The lowest BCUT2D eigenvalue weighted by Gasteiger charge is -2.43. The number of aliphatic hydroxyl groups excluding tert-OH is 1. The van der Waals surface area contributed by atoms with Gasteiger partial charge in [-0.2, -0.15) is 10.4 Å². The van der Waals surface area contributed by atoms with Gasteiger partial charge >= 0.3 is 0 Å². The summed E-state index contributed by atoms with van der Waals surface area (Å²) in [6, 6.07) is 2.40. The van der Waals surface area contributed by atoms with Gasteiger partial charge in [-0.25, -0.2) is 14.5 Å². The zero-order valence-corrected chi connectivity index (χ0v) is 21.1. The molecule has 0 radical (unpaired) electrons. The summed E-state index contributed by atoms with van der Waals surface area (Å²) < 4.78 is 20.5. The molecule has 1 fully saturated rings. The van der Waals surface area contributed by atoms with Crippen LogP contribution in [0.4, 0.5) is 0 Å². The fourth-order valence-corrected chi connectivity index (χ4v) is 5.62. The molecule has 0 bridgehead atoms. The molecule has 11 heteroatoms. The number of aliphatic hydroxyl groups is 1. The van der Waals surface area contributed by atoms with Crippen molar-refractivity contribution in [2.45, 2.75) is 68.8 Å². The Kier molecular flexibility index (Phi) is 6.29. The van der Waals surface area contributed by atoms with Crippen molar-refractivity contribution in [1.29, 1.82) is 5.26 Å². The first-order valence-electron chi connectivity index (χ1n) is 10.1. The molecule has 3 rings (SSSR count). The van der Waals surface area contributed by atoms with Crippen LogP contribution in [0.25, 0.3) is 5.65 Å². The molecule has 1 N–H and O–H groups in total. The number of nitriles is 1. The van der Waals surface area contributed by atoms with Gasteiger partial charge in [-0.15, -0.1) is 11.8 Å². The van der Waals surface area contributed by atoms with Crippen LogP contribution >= 0.6 is 11.8 Å². The third kappa shape index (κ3) is 3.50. The fraction of sp³-hybridized carbons (Fsp3) is 0.700. The summed E-state index contributed by atoms with van der Waals surface area (Å²) in [5.74, 6) is -1.55. The van der Waals surface area contributed by atoms with E-state index in [2.05, 4.69) is 55.0 Å². The largest absolute Gasteiger partial charge is 0.409 e. The van der Waals surface area contributed by atoms with Crippen molar-refractivity contribution in [3.05, 3.63) is 18.2 Å². The molecule has 0 aromatic carbocycles. The van der Waals surface area contributed by atoms with Crippen LogP contribution in [0, 0.1) is 16.7 Å². The third-order valence-electron chi connectivity index (χ3n) is 6.64. The van der Waals surface area contributed by atoms with Crippen LogP contribution in [-0.2, 0) is 19.7 Å². The maximum Gasteiger partial charge on any atom is 0.235 e. The number of rotatable bonds is 6. The van der Waals surface area contributed by atoms with Gasteiger partial charge in [-0.1, -0.05) is 20.8 Å². The predicted octanol–water partition coefficient (Wildman–Crippen LogP) is 2.96. The lowest BCUT2D eigenvalue weighted by Crippen LogP contribution is -2.53. The van der Waals surface area contributed by atoms with Crippen LogP contribution in [-0.4, -0.2) is 65.2 Å². The fourth-order valence-electron chi connectivity index (χ4n) is 3.77. The van der Waals surface area contributed by atoms with Gasteiger partial charge in [0.15, 0.2) is 14.0 Å². The summed E-state index contributed by atoms with van der Waals surface area (Å²) in [6.45, 7) is 12.0. The van der Waals surface area contributed by atoms with Gasteiger partial charge in [0.1, 0.15) is 28.6 Å². The molecule has 31 heavy (non-hydrogen) atoms. The van der Waals surface area contributed by atoms with Crippen LogP contribution < -0.4 is 0 Å². The summed E-state index contributed by atoms with van der Waals surface area (Å²) >= 11 is 1.44. The Morgan fingerprint density at radius 3 is 2.58 bits per heavy atom. The van der Waals surface area contributed by atoms with E-state index in [0.29, 0.717) is 16.4 Å². The molecule has 4 atom stereocenters. The Bertz CT molecular complexity index is 1000. The van der Waals surface area contributed by atoms with E-state index < -0.39 is 31.7 Å². The molecule has 0 aliphatic carbocycles. The van der Waals surface area contributed by atoms with Crippen molar-refractivity contribution in [3.8, 4) is 6.07 Å². The topological polar surface area (TPSA) is 115 Å². The van der Waals surface area contributed by atoms with E-state index in [-0.39, 0.29) is 11.6 Å². The molecule has 0 spiro atoms. The minimum Gasteiger partial charge on any atom is -0.409 e. The van der Waals surface area contributed by atoms with Crippen LogP contribution in [0.2, 0.25) is 18.1 Å². The molecule has 2 aromatic heterocycles. The Hall–Kier alpha value is -1.55. The van der Waals surface area contributed by atoms with E-state index in [1.807, 2.05) is 6.26 Å². The highest BCUT2D eigenvalue weighted by Gasteiger charge is 2.68. The average molecular weight is 466 g/mol. The van der Waals surface area contributed by atoms with Crippen molar-refractivity contribution < 1.29 is 19.0 Å². The summed E-state index contributed by atoms with van der Waals surface area (Å²) in [5.41, 5.74) is -0.295. The highest BCUT2D eigenvalue weighted by Crippen LogP contribution is 2.56. The van der Waals surface area contributed by atoms with Crippen molar-refractivity contribution in [3.63, 3.8) is 0 Å². The van der Waals surface area contributed by atoms with Crippen LogP contribution in [0.1, 0.15) is 33.4 Å². The number of aromatic nitrogens is 4. The first-order valence-corrected chi connectivity index (χ1v) is 14.2. The number of hydrogen-bond donors (Lipinski definition) is 1. The van der Waals surface area contributed by atoms with E-state index in [9.17, 15) is 10.4 Å². The molecular weight excluding hydrogens is 434 g/mol. The molecule has 0 saturated carbocycles. The Morgan fingerprint density at radius 1 is 1.39 bits per heavy atom. The van der Waals surface area contributed by atoms with E-state index in [0.717, 1.165) is 0 Å². The SMILES string of the molecule is CO[C@@]1(c2cnc3c(SC)ncnn23)O[C@H](CO)C(O[Si](C)(C)C(C)(C)C)[C@@]1(C)C#N. The van der Waals surface area contributed by atoms with E-state index in [4.69, 9.17) is 13.9 Å². The molecule has 0 amide bonds. The van der Waals surface area contributed by atoms with Gasteiger partial charge in [0.25, 0.3) is 0 Å². The maximum atomic E-state index is 10.4. The second-order valence-corrected chi connectivity index (χ2v) is 15.0. The molecule has 170 valence electrons. The standard InChI is InChI=1S/C20H31N5O4SSi/c1-18(2,3)31(7,8)29-15-13(10-26)28-20(27-5,19(15,4)11-21)14-9-22-16-17(30-6)23-12-24-25(14)16/h9,12-13,15,26H,10H2,1-8H3/t13-,15?,19-,20+/m1/s1. The molecule has 1 saturated heterocycles. The third-order valence-corrected chi connectivity index (χ3v) is 11.8. The van der Waals surface area contributed by atoms with Crippen LogP contribution in [0.5, 0.6) is 0 Å². The van der Waals surface area contributed by atoms with Gasteiger partial charge in [-0.3, -0.25) is 0 Å². The molecule has 3 heterocycles. The van der Waals surface area contributed by atoms with E-state index in [1.165, 1.54) is 25.2 Å². The normalized spacial score (nSPS) is 29.4. The molecular formula is C20H31N5O4SSi. The Balaban J connectivity index is 2.21. The lowest BCUT2D eigenvalue weighted by molar-refractivity contribution is -0.259. The number of hydrogen-bond acceptors (Lipinski definition) is 9. The number of methoxy groups -OCH3 is 1. The first kappa shape index (κ1) is 24.1. The van der Waals surface area contributed by atoms with Gasteiger partial charge in [0.05, 0.1) is 25.0 Å². The smallest absolute Gasteiger partial charge is 0.235 e. The highest BCUT2D eigenvalue weighted by molar-refractivity contribution is 7.98. The molecule has 9 nitrogen and oxygen atoms in total. The lowest BCUT2D eigenvalue weighted by atomic mass is 9.77. The summed E-state index contributed by atoms with van der Waals surface area (Å²) in [6.07, 6.45) is 3.45. The van der Waals surface area contributed by atoms with Crippen molar-refractivity contribution in [2.24, 2.45) is 5.41 Å². The molecule has 1 unspecified atom stereocenters. The Labute approximate surface area is 188 Å². The van der Waals surface area contributed by atoms with Crippen molar-refractivity contribution >= 4 is 25.7 Å².